The van der Waals surface area contributed by atoms with Gasteiger partial charge in [0.1, 0.15) is 23.9 Å². The monoisotopic (exact) mass is 530 g/mol. The largest absolute Gasteiger partial charge is 0.497 e. The van der Waals surface area contributed by atoms with Crippen LogP contribution in [0.1, 0.15) is 87.8 Å². The molecule has 0 spiro atoms. The molecule has 4 nitrogen and oxygen atoms in total. The third kappa shape index (κ3) is 5.83. The lowest BCUT2D eigenvalue weighted by atomic mass is 9.75. The smallest absolute Gasteiger partial charge is 0.303 e. The number of carboxylic acids is 1. The maximum absolute atomic E-state index is 15.1. The number of ether oxygens (including phenoxy) is 2. The summed E-state index contributed by atoms with van der Waals surface area (Å²) in [6.45, 7) is 7.16. The molecular weight excluding hydrogens is 491 g/mol. The molecule has 0 aromatic heterocycles. The molecule has 3 aromatic rings. The van der Waals surface area contributed by atoms with Gasteiger partial charge in [0.25, 0.3) is 0 Å². The van der Waals surface area contributed by atoms with Crippen LogP contribution in [0.15, 0.2) is 60.7 Å². The Hall–Kier alpha value is -3.34. The number of carboxylic acid groups (broad SMARTS) is 1. The molecule has 0 saturated heterocycles. The second-order valence-corrected chi connectivity index (χ2v) is 12.4. The summed E-state index contributed by atoms with van der Waals surface area (Å²) in [5.41, 5.74) is 4.84. The summed E-state index contributed by atoms with van der Waals surface area (Å²) in [7, 11) is 1.60. The Bertz CT molecular complexity index is 1360. The van der Waals surface area contributed by atoms with Gasteiger partial charge in [-0.2, -0.15) is 0 Å². The maximum atomic E-state index is 15.1. The van der Waals surface area contributed by atoms with Crippen molar-refractivity contribution in [1.29, 1.82) is 0 Å². The molecule has 0 unspecified atom stereocenters. The molecule has 5 rings (SSSR count). The molecule has 206 valence electrons. The van der Waals surface area contributed by atoms with E-state index in [9.17, 15) is 9.90 Å². The average Bonchev–Trinajstić information content (AvgIpc) is 3.56. The minimum Gasteiger partial charge on any atom is -0.497 e. The Balaban J connectivity index is 1.43. The zero-order valence-electron chi connectivity index (χ0n) is 23.4. The number of rotatable bonds is 10. The summed E-state index contributed by atoms with van der Waals surface area (Å²) < 4.78 is 26.7. The molecule has 39 heavy (non-hydrogen) atoms. The Labute approximate surface area is 231 Å². The average molecular weight is 531 g/mol. The van der Waals surface area contributed by atoms with Crippen molar-refractivity contribution >= 4 is 5.97 Å². The van der Waals surface area contributed by atoms with E-state index in [2.05, 4.69) is 26.8 Å². The second kappa shape index (κ2) is 10.7. The topological polar surface area (TPSA) is 55.8 Å². The molecule has 1 N–H and O–H groups in total. The molecular formula is C34H39FO4. The lowest BCUT2D eigenvalue weighted by molar-refractivity contribution is -0.137. The SMILES string of the molecule is COc1ccc(F)c(-c2ccc(COc3cccc([C@H](CC(=O)O)C4(C)CC4)c3)cc2[C@@H]2CCCC2(C)C)c1. The molecule has 3 aromatic carbocycles. The molecule has 5 heteroatoms. The molecule has 0 radical (unpaired) electrons. The Morgan fingerprint density at radius 2 is 1.79 bits per heavy atom. The second-order valence-electron chi connectivity index (χ2n) is 12.4. The third-order valence-electron chi connectivity index (χ3n) is 9.14. The molecule has 0 amide bonds. The number of carbonyl (C=O) groups is 1. The van der Waals surface area contributed by atoms with Gasteiger partial charge in [0.2, 0.25) is 0 Å². The molecule has 0 bridgehead atoms. The van der Waals surface area contributed by atoms with Crippen molar-refractivity contribution < 1.29 is 23.8 Å². The predicted molar refractivity (Wildman–Crippen MR) is 152 cm³/mol. The number of hydrogen-bond donors (Lipinski definition) is 1. The Morgan fingerprint density at radius 1 is 1.00 bits per heavy atom. The zero-order chi connectivity index (χ0) is 27.8. The fourth-order valence-corrected chi connectivity index (χ4v) is 6.45. The first kappa shape index (κ1) is 27.2. The molecule has 2 aliphatic rings. The van der Waals surface area contributed by atoms with E-state index in [0.29, 0.717) is 23.8 Å². The van der Waals surface area contributed by atoms with Crippen molar-refractivity contribution in [3.8, 4) is 22.6 Å². The Morgan fingerprint density at radius 3 is 2.46 bits per heavy atom. The molecule has 2 fully saturated rings. The van der Waals surface area contributed by atoms with Gasteiger partial charge in [-0.1, -0.05) is 57.5 Å². The van der Waals surface area contributed by atoms with E-state index in [0.717, 1.165) is 60.1 Å². The third-order valence-corrected chi connectivity index (χ3v) is 9.14. The van der Waals surface area contributed by atoms with Gasteiger partial charge in [0.05, 0.1) is 13.5 Å². The van der Waals surface area contributed by atoms with Gasteiger partial charge in [-0.3, -0.25) is 4.79 Å². The van der Waals surface area contributed by atoms with Gasteiger partial charge >= 0.3 is 5.97 Å². The minimum atomic E-state index is -0.769. The fourth-order valence-electron chi connectivity index (χ4n) is 6.45. The molecule has 0 heterocycles. The number of methoxy groups -OCH3 is 1. The fraction of sp³-hybridized carbons (Fsp3) is 0.441. The van der Waals surface area contributed by atoms with Crippen LogP contribution >= 0.6 is 0 Å². The molecule has 2 saturated carbocycles. The maximum Gasteiger partial charge on any atom is 0.303 e. The van der Waals surface area contributed by atoms with Crippen LogP contribution in [0.3, 0.4) is 0 Å². The van der Waals surface area contributed by atoms with Crippen molar-refractivity contribution in [2.45, 2.75) is 77.7 Å². The van der Waals surface area contributed by atoms with E-state index in [1.165, 1.54) is 6.07 Å². The minimum absolute atomic E-state index is 0.0215. The van der Waals surface area contributed by atoms with Crippen molar-refractivity contribution in [3.05, 3.63) is 83.2 Å². The van der Waals surface area contributed by atoms with Crippen molar-refractivity contribution in [1.82, 2.24) is 0 Å². The summed E-state index contributed by atoms with van der Waals surface area (Å²) in [5.74, 6) is 0.641. The van der Waals surface area contributed by atoms with Gasteiger partial charge in [-0.05, 0) is 101 Å². The van der Waals surface area contributed by atoms with Crippen molar-refractivity contribution in [2.24, 2.45) is 10.8 Å². The van der Waals surface area contributed by atoms with Crippen LogP contribution in [0.5, 0.6) is 11.5 Å². The van der Waals surface area contributed by atoms with Gasteiger partial charge in [-0.15, -0.1) is 0 Å². The zero-order valence-corrected chi connectivity index (χ0v) is 23.4. The standard InChI is InChI=1S/C34H39FO4/c1-33(2)14-6-9-29(33)27-17-22(10-12-26(27)28-19-24(38-4)11-13-31(28)35)21-39-25-8-5-7-23(18-25)30(20-32(36)37)34(3)15-16-34/h5,7-8,10-13,17-19,29-30H,6,9,14-16,20-21H2,1-4H3,(H,36,37)/t29-,30-/m0/s1. The number of aliphatic carboxylic acids is 1. The van der Waals surface area contributed by atoms with E-state index < -0.39 is 5.97 Å². The summed E-state index contributed by atoms with van der Waals surface area (Å²) in [6, 6.07) is 19.0. The molecule has 2 atom stereocenters. The highest BCUT2D eigenvalue weighted by atomic mass is 19.1. The first-order chi connectivity index (χ1) is 18.6. The van der Waals surface area contributed by atoms with E-state index in [4.69, 9.17) is 9.47 Å². The number of halogens is 1. The van der Waals surface area contributed by atoms with E-state index >= 15 is 4.39 Å². The Kier molecular flexibility index (Phi) is 7.45. The van der Waals surface area contributed by atoms with Crippen LogP contribution < -0.4 is 9.47 Å². The molecule has 2 aliphatic carbocycles. The first-order valence-electron chi connectivity index (χ1n) is 14.0. The highest BCUT2D eigenvalue weighted by Gasteiger charge is 2.46. The van der Waals surface area contributed by atoms with Crippen LogP contribution in [0.4, 0.5) is 4.39 Å². The number of benzene rings is 3. The van der Waals surface area contributed by atoms with Gasteiger partial charge in [0.15, 0.2) is 0 Å². The van der Waals surface area contributed by atoms with E-state index in [-0.39, 0.29) is 29.0 Å². The van der Waals surface area contributed by atoms with Crippen LogP contribution in [0, 0.1) is 16.6 Å². The summed E-state index contributed by atoms with van der Waals surface area (Å²) in [5, 5.41) is 9.50. The van der Waals surface area contributed by atoms with Crippen molar-refractivity contribution in [3.63, 3.8) is 0 Å². The highest BCUT2D eigenvalue weighted by Crippen LogP contribution is 2.57. The number of hydrogen-bond acceptors (Lipinski definition) is 3. The van der Waals surface area contributed by atoms with Gasteiger partial charge in [-0.25, -0.2) is 4.39 Å². The van der Waals surface area contributed by atoms with Gasteiger partial charge in [0, 0.05) is 5.56 Å². The van der Waals surface area contributed by atoms with Crippen molar-refractivity contribution in [2.75, 3.05) is 7.11 Å². The quantitative estimate of drug-likeness (QED) is 0.285. The highest BCUT2D eigenvalue weighted by molar-refractivity contribution is 5.71. The van der Waals surface area contributed by atoms with E-state index in [1.54, 1.807) is 19.2 Å². The molecule has 0 aliphatic heterocycles. The summed E-state index contributed by atoms with van der Waals surface area (Å²) in [6.07, 6.45) is 5.60. The lowest BCUT2D eigenvalue weighted by Gasteiger charge is -2.30. The van der Waals surface area contributed by atoms with Crippen LogP contribution in [-0.4, -0.2) is 18.2 Å². The van der Waals surface area contributed by atoms with Crippen LogP contribution in [0.25, 0.3) is 11.1 Å². The summed E-state index contributed by atoms with van der Waals surface area (Å²) in [4.78, 5) is 11.6. The van der Waals surface area contributed by atoms with Crippen LogP contribution in [0.2, 0.25) is 0 Å². The lowest BCUT2D eigenvalue weighted by Crippen LogP contribution is -2.17. The normalized spacial score (nSPS) is 19.9. The first-order valence-corrected chi connectivity index (χ1v) is 14.0. The predicted octanol–water partition coefficient (Wildman–Crippen LogP) is 8.73. The summed E-state index contributed by atoms with van der Waals surface area (Å²) >= 11 is 0. The van der Waals surface area contributed by atoms with E-state index in [1.807, 2.05) is 36.4 Å². The van der Waals surface area contributed by atoms with Gasteiger partial charge < -0.3 is 14.6 Å². The van der Waals surface area contributed by atoms with Crippen LogP contribution in [-0.2, 0) is 11.4 Å².